The molecule has 0 aliphatic rings. The lowest BCUT2D eigenvalue weighted by Gasteiger charge is -2.09. The van der Waals surface area contributed by atoms with Gasteiger partial charge in [-0.05, 0) is 30.7 Å². The van der Waals surface area contributed by atoms with E-state index in [2.05, 4.69) is 15.7 Å². The molecular weight excluding hydrogens is 287 g/mol. The smallest absolute Gasteiger partial charge is 0.226 e. The summed E-state index contributed by atoms with van der Waals surface area (Å²) in [6, 6.07) is 4.01. The summed E-state index contributed by atoms with van der Waals surface area (Å²) in [4.78, 5) is 22.9. The summed E-state index contributed by atoms with van der Waals surface area (Å²) in [5.74, 6) is -1.15. The molecule has 1 aromatic carbocycles. The van der Waals surface area contributed by atoms with Crippen LogP contribution in [0.3, 0.4) is 0 Å². The first-order valence-electron chi connectivity index (χ1n) is 6.80. The first kappa shape index (κ1) is 15.7. The molecule has 116 valence electrons. The quantitative estimate of drug-likeness (QED) is 0.890. The van der Waals surface area contributed by atoms with Gasteiger partial charge in [-0.2, -0.15) is 5.10 Å². The summed E-state index contributed by atoms with van der Waals surface area (Å²) >= 11 is 0. The van der Waals surface area contributed by atoms with Crippen molar-refractivity contribution in [1.29, 1.82) is 0 Å². The number of halogens is 1. The Morgan fingerprint density at radius 3 is 2.73 bits per heavy atom. The Kier molecular flexibility index (Phi) is 4.88. The second-order valence-corrected chi connectivity index (χ2v) is 4.95. The van der Waals surface area contributed by atoms with Gasteiger partial charge in [0.05, 0.1) is 11.9 Å². The highest BCUT2D eigenvalue weighted by molar-refractivity contribution is 5.93. The van der Waals surface area contributed by atoms with Gasteiger partial charge < -0.3 is 10.6 Å². The molecule has 0 spiro atoms. The van der Waals surface area contributed by atoms with E-state index in [-0.39, 0.29) is 23.9 Å². The number of rotatable bonds is 5. The summed E-state index contributed by atoms with van der Waals surface area (Å²) in [5.41, 5.74) is 1.48. The molecular formula is C15H17FN4O2. The van der Waals surface area contributed by atoms with Crippen LogP contribution in [-0.4, -0.2) is 21.6 Å². The number of aromatic nitrogens is 2. The van der Waals surface area contributed by atoms with Gasteiger partial charge in [-0.1, -0.05) is 0 Å². The van der Waals surface area contributed by atoms with Crippen LogP contribution in [0.5, 0.6) is 0 Å². The molecule has 22 heavy (non-hydrogen) atoms. The van der Waals surface area contributed by atoms with E-state index < -0.39 is 5.82 Å². The molecule has 0 radical (unpaired) electrons. The highest BCUT2D eigenvalue weighted by Crippen LogP contribution is 2.19. The van der Waals surface area contributed by atoms with E-state index in [4.69, 9.17) is 0 Å². The first-order valence-corrected chi connectivity index (χ1v) is 6.80. The van der Waals surface area contributed by atoms with E-state index in [1.807, 2.05) is 13.1 Å². The summed E-state index contributed by atoms with van der Waals surface area (Å²) in [6.07, 6.45) is 3.81. The Morgan fingerprint density at radius 2 is 2.09 bits per heavy atom. The van der Waals surface area contributed by atoms with Crippen LogP contribution in [0.1, 0.15) is 18.9 Å². The van der Waals surface area contributed by atoms with Crippen LogP contribution in [0.4, 0.5) is 15.8 Å². The van der Waals surface area contributed by atoms with E-state index in [9.17, 15) is 14.0 Å². The molecule has 2 rings (SSSR count). The number of anilines is 2. The molecule has 0 aliphatic heterocycles. The second kappa shape index (κ2) is 6.84. The molecule has 0 fully saturated rings. The number of benzene rings is 1. The summed E-state index contributed by atoms with van der Waals surface area (Å²) < 4.78 is 15.2. The van der Waals surface area contributed by atoms with Crippen LogP contribution < -0.4 is 10.6 Å². The molecule has 1 heterocycles. The van der Waals surface area contributed by atoms with Crippen molar-refractivity contribution in [2.75, 3.05) is 10.6 Å². The number of amides is 2. The van der Waals surface area contributed by atoms with Crippen LogP contribution in [0, 0.1) is 12.7 Å². The fraction of sp³-hybridized carbons (Fsp3) is 0.267. The van der Waals surface area contributed by atoms with Crippen molar-refractivity contribution in [2.24, 2.45) is 0 Å². The Hall–Kier alpha value is -2.70. The lowest BCUT2D eigenvalue weighted by molar-refractivity contribution is -0.116. The highest BCUT2D eigenvalue weighted by Gasteiger charge is 2.08. The topological polar surface area (TPSA) is 76.0 Å². The molecule has 7 heteroatoms. The lowest BCUT2D eigenvalue weighted by atomic mass is 10.2. The van der Waals surface area contributed by atoms with E-state index in [1.165, 1.54) is 25.1 Å². The number of hydrogen-bond donors (Lipinski definition) is 2. The molecule has 0 bridgehead atoms. The van der Waals surface area contributed by atoms with Gasteiger partial charge in [0.2, 0.25) is 11.8 Å². The predicted octanol–water partition coefficient (Wildman–Crippen LogP) is 2.32. The van der Waals surface area contributed by atoms with E-state index in [0.717, 1.165) is 5.56 Å². The second-order valence-electron chi connectivity index (χ2n) is 4.95. The van der Waals surface area contributed by atoms with Gasteiger partial charge in [0.1, 0.15) is 5.82 Å². The summed E-state index contributed by atoms with van der Waals surface area (Å²) in [5, 5.41) is 9.12. The minimum absolute atomic E-state index is 0.0352. The van der Waals surface area contributed by atoms with E-state index in [0.29, 0.717) is 12.2 Å². The summed E-state index contributed by atoms with van der Waals surface area (Å²) in [6.45, 7) is 3.67. The number of nitrogens with zero attached hydrogens (tertiary/aromatic N) is 2. The molecule has 1 aromatic heterocycles. The van der Waals surface area contributed by atoms with Crippen molar-refractivity contribution in [2.45, 2.75) is 26.8 Å². The van der Waals surface area contributed by atoms with Gasteiger partial charge in [0.15, 0.2) is 0 Å². The van der Waals surface area contributed by atoms with Crippen molar-refractivity contribution >= 4 is 23.2 Å². The Bertz CT molecular complexity index is 697. The van der Waals surface area contributed by atoms with Gasteiger partial charge >= 0.3 is 0 Å². The third-order valence-electron chi connectivity index (χ3n) is 2.89. The fourth-order valence-electron chi connectivity index (χ4n) is 1.92. The monoisotopic (exact) mass is 304 g/mol. The molecule has 2 amide bonds. The van der Waals surface area contributed by atoms with Crippen molar-refractivity contribution < 1.29 is 14.0 Å². The van der Waals surface area contributed by atoms with Crippen LogP contribution >= 0.6 is 0 Å². The molecule has 0 unspecified atom stereocenters. The average Bonchev–Trinajstić information content (AvgIpc) is 2.85. The van der Waals surface area contributed by atoms with Gasteiger partial charge in [0.25, 0.3) is 0 Å². The maximum Gasteiger partial charge on any atom is 0.226 e. The Morgan fingerprint density at radius 1 is 1.32 bits per heavy atom. The molecule has 6 nitrogen and oxygen atoms in total. The zero-order chi connectivity index (χ0) is 16.1. The third-order valence-corrected chi connectivity index (χ3v) is 2.89. The third kappa shape index (κ3) is 4.41. The van der Waals surface area contributed by atoms with Gasteiger partial charge in [-0.25, -0.2) is 4.39 Å². The first-order chi connectivity index (χ1) is 10.4. The van der Waals surface area contributed by atoms with E-state index >= 15 is 0 Å². The van der Waals surface area contributed by atoms with Crippen molar-refractivity contribution in [1.82, 2.24) is 9.78 Å². The van der Waals surface area contributed by atoms with Crippen LogP contribution in [-0.2, 0) is 16.1 Å². The molecule has 2 aromatic rings. The minimum Gasteiger partial charge on any atom is -0.326 e. The standard InChI is InChI=1S/C15H17FN4O2/c1-10-8-17-20(9-10)6-5-15(22)19-12-3-4-13(16)14(7-12)18-11(2)21/h3-4,7-9H,5-6H2,1-2H3,(H,18,21)(H,19,22). The number of carbonyl (C=O) groups excluding carboxylic acids is 2. The van der Waals surface area contributed by atoms with Crippen molar-refractivity contribution in [3.05, 3.63) is 42.0 Å². The average molecular weight is 304 g/mol. The maximum atomic E-state index is 13.5. The van der Waals surface area contributed by atoms with Gasteiger partial charge in [-0.3, -0.25) is 14.3 Å². The maximum absolute atomic E-state index is 13.5. The molecule has 0 saturated heterocycles. The number of aryl methyl sites for hydroxylation is 2. The lowest BCUT2D eigenvalue weighted by Crippen LogP contribution is -2.15. The van der Waals surface area contributed by atoms with Crippen LogP contribution in [0.2, 0.25) is 0 Å². The SMILES string of the molecule is CC(=O)Nc1cc(NC(=O)CCn2cc(C)cn2)ccc1F. The number of nitrogens with one attached hydrogen (secondary N) is 2. The van der Waals surface area contributed by atoms with E-state index in [1.54, 1.807) is 10.9 Å². The van der Waals surface area contributed by atoms with Gasteiger partial charge in [0, 0.05) is 31.8 Å². The predicted molar refractivity (Wildman–Crippen MR) is 80.9 cm³/mol. The molecule has 0 atom stereocenters. The zero-order valence-electron chi connectivity index (χ0n) is 12.4. The minimum atomic E-state index is -0.555. The highest BCUT2D eigenvalue weighted by atomic mass is 19.1. The van der Waals surface area contributed by atoms with Gasteiger partial charge in [-0.15, -0.1) is 0 Å². The Labute approximate surface area is 127 Å². The fourth-order valence-corrected chi connectivity index (χ4v) is 1.92. The molecule has 0 saturated carbocycles. The number of carbonyl (C=O) groups is 2. The molecule has 0 aliphatic carbocycles. The van der Waals surface area contributed by atoms with Crippen LogP contribution in [0.15, 0.2) is 30.6 Å². The largest absolute Gasteiger partial charge is 0.326 e. The summed E-state index contributed by atoms with van der Waals surface area (Å²) in [7, 11) is 0. The zero-order valence-corrected chi connectivity index (χ0v) is 12.4. The number of hydrogen-bond acceptors (Lipinski definition) is 3. The molecule has 2 N–H and O–H groups in total. The van der Waals surface area contributed by atoms with Crippen LogP contribution in [0.25, 0.3) is 0 Å². The Balaban J connectivity index is 1.94. The van der Waals surface area contributed by atoms with Crippen molar-refractivity contribution in [3.8, 4) is 0 Å². The van der Waals surface area contributed by atoms with Crippen molar-refractivity contribution in [3.63, 3.8) is 0 Å². The normalized spacial score (nSPS) is 10.3.